The average Bonchev–Trinajstić information content (AvgIpc) is 2.64. The molecule has 2 aromatic carbocycles. The fraction of sp³-hybridized carbons (Fsp3) is 0.286. The molecule has 0 unspecified atom stereocenters. The summed E-state index contributed by atoms with van der Waals surface area (Å²) in [7, 11) is 0. The van der Waals surface area contributed by atoms with Crippen molar-refractivity contribution in [3.8, 4) is 22.6 Å². The predicted octanol–water partition coefficient (Wildman–Crippen LogP) is 3.53. The Morgan fingerprint density at radius 2 is 1.62 bits per heavy atom. The number of benzene rings is 2. The van der Waals surface area contributed by atoms with Crippen molar-refractivity contribution >= 4 is 5.97 Å². The summed E-state index contributed by atoms with van der Waals surface area (Å²) in [5, 5.41) is 8.97. The van der Waals surface area contributed by atoms with Crippen molar-refractivity contribution in [3.05, 3.63) is 60.2 Å². The Balaban J connectivity index is 2.11. The Morgan fingerprint density at radius 1 is 0.962 bits per heavy atom. The molecule has 0 bridgehead atoms. The maximum Gasteiger partial charge on any atom is 0.333 e. The summed E-state index contributed by atoms with van der Waals surface area (Å²) in [6.45, 7) is 7.54. The summed E-state index contributed by atoms with van der Waals surface area (Å²) in [5.74, 6) is 0.614. The zero-order valence-corrected chi connectivity index (χ0v) is 15.2. The van der Waals surface area contributed by atoms with Crippen LogP contribution < -0.4 is 9.47 Å². The third-order valence-electron chi connectivity index (χ3n) is 3.60. The van der Waals surface area contributed by atoms with Crippen LogP contribution in [-0.2, 0) is 9.53 Å². The lowest BCUT2D eigenvalue weighted by atomic mass is 10.0. The number of carbonyl (C=O) groups excluding carboxylic acids is 1. The van der Waals surface area contributed by atoms with E-state index in [1.807, 2.05) is 43.3 Å². The van der Waals surface area contributed by atoms with E-state index in [1.54, 1.807) is 13.0 Å². The van der Waals surface area contributed by atoms with Gasteiger partial charge in [-0.1, -0.05) is 42.5 Å². The normalized spacial score (nSPS) is 10.3. The van der Waals surface area contributed by atoms with Crippen molar-refractivity contribution in [1.82, 2.24) is 0 Å². The highest BCUT2D eigenvalue weighted by Crippen LogP contribution is 2.33. The highest BCUT2D eigenvalue weighted by atomic mass is 16.6. The van der Waals surface area contributed by atoms with E-state index in [9.17, 15) is 4.79 Å². The van der Waals surface area contributed by atoms with Crippen molar-refractivity contribution in [1.29, 1.82) is 0 Å². The molecule has 5 nitrogen and oxygen atoms in total. The molecule has 2 rings (SSSR count). The average molecular weight is 356 g/mol. The van der Waals surface area contributed by atoms with Gasteiger partial charge in [0.1, 0.15) is 19.8 Å². The zero-order chi connectivity index (χ0) is 18.9. The lowest BCUT2D eigenvalue weighted by Crippen LogP contribution is -2.13. The minimum absolute atomic E-state index is 0.0879. The van der Waals surface area contributed by atoms with Crippen LogP contribution >= 0.6 is 0 Å². The Labute approximate surface area is 153 Å². The molecule has 0 aliphatic carbocycles. The summed E-state index contributed by atoms with van der Waals surface area (Å²) in [6.07, 6.45) is 0. The monoisotopic (exact) mass is 356 g/mol. The second-order valence-electron chi connectivity index (χ2n) is 5.86. The molecule has 0 saturated heterocycles. The molecule has 5 heteroatoms. The SMILES string of the molecule is C=C(C)C(=O)OCCOc1cc(-c2ccc(C)cc2)ccc1OCCO. The van der Waals surface area contributed by atoms with E-state index >= 15 is 0 Å². The van der Waals surface area contributed by atoms with Gasteiger partial charge >= 0.3 is 5.97 Å². The van der Waals surface area contributed by atoms with Gasteiger partial charge in [-0.15, -0.1) is 0 Å². The zero-order valence-electron chi connectivity index (χ0n) is 15.2. The van der Waals surface area contributed by atoms with E-state index in [0.717, 1.165) is 11.1 Å². The summed E-state index contributed by atoms with van der Waals surface area (Å²) in [5.41, 5.74) is 3.57. The largest absolute Gasteiger partial charge is 0.487 e. The van der Waals surface area contributed by atoms with E-state index in [1.165, 1.54) is 5.56 Å². The molecule has 26 heavy (non-hydrogen) atoms. The lowest BCUT2D eigenvalue weighted by Gasteiger charge is -2.14. The van der Waals surface area contributed by atoms with Crippen LogP contribution in [0.2, 0.25) is 0 Å². The van der Waals surface area contributed by atoms with E-state index in [4.69, 9.17) is 19.3 Å². The second kappa shape index (κ2) is 9.63. The molecule has 1 N–H and O–H groups in total. The topological polar surface area (TPSA) is 65.0 Å². The smallest absolute Gasteiger partial charge is 0.333 e. The number of esters is 1. The van der Waals surface area contributed by atoms with Crippen molar-refractivity contribution in [2.75, 3.05) is 26.4 Å². The summed E-state index contributed by atoms with van der Waals surface area (Å²) >= 11 is 0. The molecule has 0 amide bonds. The van der Waals surface area contributed by atoms with Crippen LogP contribution in [0.5, 0.6) is 11.5 Å². The van der Waals surface area contributed by atoms with Crippen molar-refractivity contribution < 1.29 is 24.1 Å². The molecule has 0 aliphatic heterocycles. The first-order chi connectivity index (χ1) is 12.5. The van der Waals surface area contributed by atoms with Crippen molar-refractivity contribution in [2.45, 2.75) is 13.8 Å². The second-order valence-corrected chi connectivity index (χ2v) is 5.86. The Morgan fingerprint density at radius 3 is 2.27 bits per heavy atom. The molecular weight excluding hydrogens is 332 g/mol. The number of hydrogen-bond acceptors (Lipinski definition) is 5. The van der Waals surface area contributed by atoms with Gasteiger partial charge in [-0.05, 0) is 37.1 Å². The van der Waals surface area contributed by atoms with E-state index in [2.05, 4.69) is 6.58 Å². The fourth-order valence-corrected chi connectivity index (χ4v) is 2.23. The Bertz CT molecular complexity index is 749. The number of rotatable bonds is 9. The van der Waals surface area contributed by atoms with Crippen LogP contribution in [0.1, 0.15) is 12.5 Å². The third-order valence-corrected chi connectivity index (χ3v) is 3.60. The molecular formula is C21H24O5. The molecule has 0 spiro atoms. The highest BCUT2D eigenvalue weighted by Gasteiger charge is 2.09. The first-order valence-corrected chi connectivity index (χ1v) is 8.41. The number of aliphatic hydroxyl groups excluding tert-OH is 1. The molecule has 0 radical (unpaired) electrons. The molecule has 0 fully saturated rings. The summed E-state index contributed by atoms with van der Waals surface area (Å²) in [4.78, 5) is 11.4. The lowest BCUT2D eigenvalue weighted by molar-refractivity contribution is -0.139. The van der Waals surface area contributed by atoms with Crippen LogP contribution in [0.25, 0.3) is 11.1 Å². The van der Waals surface area contributed by atoms with Gasteiger partial charge in [0.25, 0.3) is 0 Å². The van der Waals surface area contributed by atoms with Gasteiger partial charge in [0.15, 0.2) is 11.5 Å². The number of hydrogen-bond donors (Lipinski definition) is 1. The van der Waals surface area contributed by atoms with E-state index < -0.39 is 5.97 Å². The minimum Gasteiger partial charge on any atom is -0.487 e. The quantitative estimate of drug-likeness (QED) is 0.423. The summed E-state index contributed by atoms with van der Waals surface area (Å²) in [6, 6.07) is 13.8. The minimum atomic E-state index is -0.446. The molecule has 0 atom stereocenters. The standard InChI is InChI=1S/C21H24O5/c1-15(2)21(23)26-13-12-25-20-14-18(8-9-19(20)24-11-10-22)17-6-4-16(3)5-7-17/h4-9,14,22H,1,10-13H2,2-3H3. The number of ether oxygens (including phenoxy) is 3. The Kier molecular flexibility index (Phi) is 7.24. The van der Waals surface area contributed by atoms with Gasteiger partial charge in [-0.25, -0.2) is 4.79 Å². The van der Waals surface area contributed by atoms with E-state index in [-0.39, 0.29) is 26.4 Å². The van der Waals surface area contributed by atoms with Gasteiger partial charge in [-0.3, -0.25) is 0 Å². The Hall–Kier alpha value is -2.79. The molecule has 0 saturated carbocycles. The van der Waals surface area contributed by atoms with Gasteiger partial charge < -0.3 is 19.3 Å². The van der Waals surface area contributed by atoms with Crippen LogP contribution in [0, 0.1) is 6.92 Å². The van der Waals surface area contributed by atoms with Gasteiger partial charge in [-0.2, -0.15) is 0 Å². The van der Waals surface area contributed by atoms with Crippen LogP contribution in [0.15, 0.2) is 54.6 Å². The molecule has 0 heterocycles. The van der Waals surface area contributed by atoms with Crippen LogP contribution in [0.3, 0.4) is 0 Å². The third kappa shape index (κ3) is 5.63. The first-order valence-electron chi connectivity index (χ1n) is 8.41. The fourth-order valence-electron chi connectivity index (χ4n) is 2.23. The molecule has 0 aromatic heterocycles. The number of aryl methyl sites for hydroxylation is 1. The molecule has 0 aliphatic rings. The van der Waals surface area contributed by atoms with Crippen molar-refractivity contribution in [3.63, 3.8) is 0 Å². The maximum atomic E-state index is 11.4. The summed E-state index contributed by atoms with van der Waals surface area (Å²) < 4.78 is 16.3. The van der Waals surface area contributed by atoms with Gasteiger partial charge in [0.2, 0.25) is 0 Å². The van der Waals surface area contributed by atoms with Gasteiger partial charge in [0.05, 0.1) is 6.61 Å². The first kappa shape index (κ1) is 19.5. The number of aliphatic hydroxyl groups is 1. The van der Waals surface area contributed by atoms with Crippen LogP contribution in [0.4, 0.5) is 0 Å². The van der Waals surface area contributed by atoms with Crippen LogP contribution in [-0.4, -0.2) is 37.5 Å². The number of carbonyl (C=O) groups is 1. The predicted molar refractivity (Wildman–Crippen MR) is 100 cm³/mol. The van der Waals surface area contributed by atoms with E-state index in [0.29, 0.717) is 17.1 Å². The maximum absolute atomic E-state index is 11.4. The molecule has 138 valence electrons. The highest BCUT2D eigenvalue weighted by molar-refractivity contribution is 5.86. The van der Waals surface area contributed by atoms with Crippen molar-refractivity contribution in [2.24, 2.45) is 0 Å². The molecule has 2 aromatic rings. The van der Waals surface area contributed by atoms with Gasteiger partial charge in [0, 0.05) is 5.57 Å².